The summed E-state index contributed by atoms with van der Waals surface area (Å²) in [6.45, 7) is -0.397. The maximum Gasteiger partial charge on any atom is 0.329 e. The highest BCUT2D eigenvalue weighted by molar-refractivity contribution is 7.13. The van der Waals surface area contributed by atoms with Crippen LogP contribution in [0, 0.1) is 0 Å². The number of thiophene rings is 1. The molecule has 2 heterocycles. The highest BCUT2D eigenvalue weighted by atomic mass is 32.1. The van der Waals surface area contributed by atoms with Crippen LogP contribution in [0.3, 0.4) is 0 Å². The van der Waals surface area contributed by atoms with Crippen molar-refractivity contribution >= 4 is 29.0 Å². The average molecular weight is 288 g/mol. The van der Waals surface area contributed by atoms with Crippen molar-refractivity contribution in [2.45, 2.75) is 6.04 Å². The second kappa shape index (κ2) is 5.07. The van der Waals surface area contributed by atoms with Gasteiger partial charge in [0, 0.05) is 4.88 Å². The molecule has 20 heavy (non-hydrogen) atoms. The van der Waals surface area contributed by atoms with Crippen LogP contribution in [0.4, 0.5) is 10.5 Å². The monoisotopic (exact) mass is 288 g/mol. The predicted molar refractivity (Wildman–Crippen MR) is 76.6 cm³/mol. The Hall–Kier alpha value is -2.18. The van der Waals surface area contributed by atoms with Crippen LogP contribution in [0.1, 0.15) is 0 Å². The SMILES string of the molecule is O=C1NC(CO)C(=O)N1c1cccc(-c2cccs2)c1. The molecule has 0 radical (unpaired) electrons. The lowest BCUT2D eigenvalue weighted by atomic mass is 10.1. The Morgan fingerprint density at radius 2 is 2.10 bits per heavy atom. The number of benzene rings is 1. The molecule has 2 aromatic rings. The van der Waals surface area contributed by atoms with Crippen molar-refractivity contribution in [2.75, 3.05) is 11.5 Å². The van der Waals surface area contributed by atoms with Crippen molar-refractivity contribution in [3.8, 4) is 10.4 Å². The smallest absolute Gasteiger partial charge is 0.329 e. The van der Waals surface area contributed by atoms with Crippen LogP contribution in [0.25, 0.3) is 10.4 Å². The van der Waals surface area contributed by atoms with Crippen LogP contribution < -0.4 is 10.2 Å². The van der Waals surface area contributed by atoms with E-state index in [1.54, 1.807) is 29.5 Å². The zero-order valence-electron chi connectivity index (χ0n) is 10.4. The van der Waals surface area contributed by atoms with Crippen molar-refractivity contribution in [2.24, 2.45) is 0 Å². The summed E-state index contributed by atoms with van der Waals surface area (Å²) in [5.41, 5.74) is 1.46. The molecule has 0 bridgehead atoms. The van der Waals surface area contributed by atoms with Gasteiger partial charge in [-0.2, -0.15) is 0 Å². The molecule has 0 saturated carbocycles. The lowest BCUT2D eigenvalue weighted by molar-refractivity contribution is -0.119. The molecule has 1 aliphatic rings. The number of anilines is 1. The normalized spacial score (nSPS) is 18.4. The molecule has 6 heteroatoms. The molecule has 3 amide bonds. The summed E-state index contributed by atoms with van der Waals surface area (Å²) in [7, 11) is 0. The fraction of sp³-hybridized carbons (Fsp3) is 0.143. The van der Waals surface area contributed by atoms with Gasteiger partial charge in [-0.3, -0.25) is 4.79 Å². The molecule has 5 nitrogen and oxygen atoms in total. The van der Waals surface area contributed by atoms with E-state index in [1.165, 1.54) is 0 Å². The number of carbonyl (C=O) groups excluding carboxylic acids is 2. The molecule has 0 aliphatic carbocycles. The first-order valence-corrected chi connectivity index (χ1v) is 6.98. The van der Waals surface area contributed by atoms with Crippen LogP contribution in [-0.4, -0.2) is 29.7 Å². The van der Waals surface area contributed by atoms with E-state index in [2.05, 4.69) is 5.32 Å². The van der Waals surface area contributed by atoms with Crippen LogP contribution in [0.2, 0.25) is 0 Å². The van der Waals surface area contributed by atoms with E-state index in [4.69, 9.17) is 5.11 Å². The summed E-state index contributed by atoms with van der Waals surface area (Å²) in [5, 5.41) is 13.5. The lowest BCUT2D eigenvalue weighted by Crippen LogP contribution is -2.33. The molecule has 3 rings (SSSR count). The van der Waals surface area contributed by atoms with Crippen molar-refractivity contribution < 1.29 is 14.7 Å². The van der Waals surface area contributed by atoms with E-state index < -0.39 is 24.6 Å². The van der Waals surface area contributed by atoms with Gasteiger partial charge in [-0.25, -0.2) is 9.69 Å². The van der Waals surface area contributed by atoms with Gasteiger partial charge in [0.15, 0.2) is 0 Å². The summed E-state index contributed by atoms with van der Waals surface area (Å²) in [6, 6.07) is 9.80. The van der Waals surface area contributed by atoms with Gasteiger partial charge < -0.3 is 10.4 Å². The molecular weight excluding hydrogens is 276 g/mol. The Kier molecular flexibility index (Phi) is 3.25. The molecule has 102 valence electrons. The van der Waals surface area contributed by atoms with Crippen molar-refractivity contribution in [1.29, 1.82) is 0 Å². The fourth-order valence-electron chi connectivity index (χ4n) is 2.14. The largest absolute Gasteiger partial charge is 0.394 e. The average Bonchev–Trinajstić information content (AvgIpc) is 3.07. The first kappa shape index (κ1) is 12.8. The highest BCUT2D eigenvalue weighted by Crippen LogP contribution is 2.29. The van der Waals surface area contributed by atoms with Gasteiger partial charge in [-0.15, -0.1) is 11.3 Å². The Bertz CT molecular complexity index is 654. The lowest BCUT2D eigenvalue weighted by Gasteiger charge is -2.13. The minimum absolute atomic E-state index is 0.397. The zero-order valence-corrected chi connectivity index (χ0v) is 11.3. The first-order valence-electron chi connectivity index (χ1n) is 6.10. The number of amides is 3. The molecule has 1 aliphatic heterocycles. The summed E-state index contributed by atoms with van der Waals surface area (Å²) < 4.78 is 0. The summed E-state index contributed by atoms with van der Waals surface area (Å²) in [6.07, 6.45) is 0. The third-order valence-corrected chi connectivity index (χ3v) is 4.03. The Labute approximate surface area is 119 Å². The second-order valence-corrected chi connectivity index (χ2v) is 5.33. The number of rotatable bonds is 3. The van der Waals surface area contributed by atoms with E-state index in [9.17, 15) is 9.59 Å². The van der Waals surface area contributed by atoms with Gasteiger partial charge in [0.05, 0.1) is 12.3 Å². The first-order chi connectivity index (χ1) is 9.70. The van der Waals surface area contributed by atoms with Gasteiger partial charge in [-0.05, 0) is 29.1 Å². The third-order valence-electron chi connectivity index (χ3n) is 3.11. The van der Waals surface area contributed by atoms with E-state index in [0.717, 1.165) is 15.3 Å². The molecule has 1 aromatic carbocycles. The fourth-order valence-corrected chi connectivity index (χ4v) is 2.86. The number of nitrogens with zero attached hydrogens (tertiary/aromatic N) is 1. The number of carbonyl (C=O) groups is 2. The number of aliphatic hydroxyl groups is 1. The number of imide groups is 1. The summed E-state index contributed by atoms with van der Waals surface area (Å²) in [4.78, 5) is 26.0. The number of nitrogens with one attached hydrogen (secondary N) is 1. The van der Waals surface area contributed by atoms with E-state index in [-0.39, 0.29) is 0 Å². The third kappa shape index (κ3) is 2.09. The van der Waals surface area contributed by atoms with E-state index in [1.807, 2.05) is 23.6 Å². The Balaban J connectivity index is 1.97. The van der Waals surface area contributed by atoms with Gasteiger partial charge in [0.2, 0.25) is 0 Å². The van der Waals surface area contributed by atoms with Gasteiger partial charge in [-0.1, -0.05) is 18.2 Å². The van der Waals surface area contributed by atoms with Gasteiger partial charge >= 0.3 is 6.03 Å². The number of urea groups is 1. The molecule has 2 N–H and O–H groups in total. The Morgan fingerprint density at radius 1 is 1.25 bits per heavy atom. The van der Waals surface area contributed by atoms with Crippen LogP contribution >= 0.6 is 11.3 Å². The summed E-state index contributed by atoms with van der Waals surface area (Å²) >= 11 is 1.59. The standard InChI is InChI=1S/C14H12N2O3S/c17-8-11-13(18)16(14(19)15-11)10-4-1-3-9(7-10)12-5-2-6-20-12/h1-7,11,17H,8H2,(H,15,19). The molecule has 0 spiro atoms. The number of hydrogen-bond donors (Lipinski definition) is 2. The molecule has 1 atom stereocenters. The minimum atomic E-state index is -0.854. The zero-order chi connectivity index (χ0) is 14.1. The summed E-state index contributed by atoms with van der Waals surface area (Å²) in [5.74, 6) is -0.430. The predicted octanol–water partition coefficient (Wildman–Crippen LogP) is 1.83. The highest BCUT2D eigenvalue weighted by Gasteiger charge is 2.38. The van der Waals surface area contributed by atoms with Crippen LogP contribution in [0.5, 0.6) is 0 Å². The van der Waals surface area contributed by atoms with Gasteiger partial charge in [0.25, 0.3) is 5.91 Å². The maximum atomic E-state index is 12.0. The van der Waals surface area contributed by atoms with Crippen molar-refractivity contribution in [3.63, 3.8) is 0 Å². The van der Waals surface area contributed by atoms with Gasteiger partial charge in [0.1, 0.15) is 6.04 Å². The van der Waals surface area contributed by atoms with Crippen molar-refractivity contribution in [3.05, 3.63) is 41.8 Å². The topological polar surface area (TPSA) is 69.6 Å². The molecular formula is C14H12N2O3S. The van der Waals surface area contributed by atoms with Crippen LogP contribution in [-0.2, 0) is 4.79 Å². The quantitative estimate of drug-likeness (QED) is 0.847. The number of aliphatic hydroxyl groups excluding tert-OH is 1. The van der Waals surface area contributed by atoms with Crippen LogP contribution in [0.15, 0.2) is 41.8 Å². The molecule has 1 unspecified atom stereocenters. The molecule has 1 saturated heterocycles. The van der Waals surface area contributed by atoms with E-state index >= 15 is 0 Å². The second-order valence-electron chi connectivity index (χ2n) is 4.39. The van der Waals surface area contributed by atoms with Crippen molar-refractivity contribution in [1.82, 2.24) is 5.32 Å². The Morgan fingerprint density at radius 3 is 2.75 bits per heavy atom. The van der Waals surface area contributed by atoms with E-state index in [0.29, 0.717) is 5.69 Å². The minimum Gasteiger partial charge on any atom is -0.394 e. The molecule has 1 fully saturated rings. The number of hydrogen-bond acceptors (Lipinski definition) is 4. The molecule has 1 aromatic heterocycles. The maximum absolute atomic E-state index is 12.0.